The van der Waals surface area contributed by atoms with Gasteiger partial charge in [0, 0.05) is 17.8 Å². The fourth-order valence-corrected chi connectivity index (χ4v) is 2.91. The molecule has 118 valence electrons. The second kappa shape index (κ2) is 6.40. The molecule has 0 fully saturated rings. The van der Waals surface area contributed by atoms with Crippen LogP contribution in [0.25, 0.3) is 0 Å². The van der Waals surface area contributed by atoms with Crippen LogP contribution in [0.15, 0.2) is 12.1 Å². The van der Waals surface area contributed by atoms with E-state index in [1.165, 1.54) is 12.1 Å². The molecule has 0 aromatic carbocycles. The van der Waals surface area contributed by atoms with E-state index in [1.54, 1.807) is 13.8 Å². The molecule has 8 heteroatoms. The second-order valence-electron chi connectivity index (χ2n) is 5.50. The molecule has 0 saturated heterocycles. The fourth-order valence-electron chi connectivity index (χ4n) is 1.83. The first-order valence-electron chi connectivity index (χ1n) is 6.49. The molecular formula is C13H21N3O4S. The van der Waals surface area contributed by atoms with E-state index < -0.39 is 21.5 Å². The number of pyridine rings is 1. The highest BCUT2D eigenvalue weighted by Crippen LogP contribution is 2.13. The number of aromatic carboxylic acids is 1. The number of nitrogens with zero attached hydrogens (tertiary/aromatic N) is 1. The van der Waals surface area contributed by atoms with Gasteiger partial charge in [-0.25, -0.2) is 22.9 Å². The van der Waals surface area contributed by atoms with Crippen molar-refractivity contribution >= 4 is 21.8 Å². The van der Waals surface area contributed by atoms with Gasteiger partial charge < -0.3 is 10.4 Å². The smallest absolute Gasteiger partial charge is 0.335 e. The van der Waals surface area contributed by atoms with Gasteiger partial charge in [0.15, 0.2) is 0 Å². The van der Waals surface area contributed by atoms with Crippen LogP contribution in [0, 0.1) is 0 Å². The van der Waals surface area contributed by atoms with E-state index in [1.807, 2.05) is 6.92 Å². The van der Waals surface area contributed by atoms with Gasteiger partial charge in [-0.05, 0) is 32.4 Å². The van der Waals surface area contributed by atoms with E-state index in [-0.39, 0.29) is 12.1 Å². The summed E-state index contributed by atoms with van der Waals surface area (Å²) in [4.78, 5) is 15.3. The molecule has 0 spiro atoms. The van der Waals surface area contributed by atoms with Gasteiger partial charge in [-0.2, -0.15) is 0 Å². The minimum Gasteiger partial charge on any atom is -0.478 e. The zero-order valence-corrected chi connectivity index (χ0v) is 13.4. The molecule has 0 aliphatic carbocycles. The molecule has 1 heterocycles. The number of aryl methyl sites for hydroxylation is 1. The Labute approximate surface area is 124 Å². The lowest BCUT2D eigenvalue weighted by Crippen LogP contribution is -2.47. The van der Waals surface area contributed by atoms with Gasteiger partial charge in [0.1, 0.15) is 5.82 Å². The first kappa shape index (κ1) is 17.4. The van der Waals surface area contributed by atoms with E-state index in [0.717, 1.165) is 6.26 Å². The predicted molar refractivity (Wildman–Crippen MR) is 81.1 cm³/mol. The predicted octanol–water partition coefficient (Wildman–Crippen LogP) is 1.08. The highest BCUT2D eigenvalue weighted by molar-refractivity contribution is 7.88. The van der Waals surface area contributed by atoms with Crippen LogP contribution in [0.4, 0.5) is 5.82 Å². The molecule has 1 rings (SSSR count). The zero-order chi connectivity index (χ0) is 16.3. The maximum Gasteiger partial charge on any atom is 0.335 e. The molecule has 0 radical (unpaired) electrons. The van der Waals surface area contributed by atoms with E-state index in [9.17, 15) is 13.2 Å². The Kier molecular flexibility index (Phi) is 5.30. The molecule has 0 saturated carbocycles. The molecule has 1 aromatic rings. The molecule has 7 nitrogen and oxygen atoms in total. The zero-order valence-electron chi connectivity index (χ0n) is 12.6. The van der Waals surface area contributed by atoms with E-state index >= 15 is 0 Å². The lowest BCUT2D eigenvalue weighted by Gasteiger charge is -2.25. The number of rotatable bonds is 7. The van der Waals surface area contributed by atoms with Crippen molar-refractivity contribution in [3.63, 3.8) is 0 Å². The number of nitrogens with one attached hydrogen (secondary N) is 2. The summed E-state index contributed by atoms with van der Waals surface area (Å²) in [5.41, 5.74) is 0.0884. The highest BCUT2D eigenvalue weighted by atomic mass is 32.2. The van der Waals surface area contributed by atoms with Gasteiger partial charge in [0.2, 0.25) is 10.0 Å². The van der Waals surface area contributed by atoms with Gasteiger partial charge in [-0.1, -0.05) is 6.92 Å². The van der Waals surface area contributed by atoms with Crippen LogP contribution in [0.5, 0.6) is 0 Å². The van der Waals surface area contributed by atoms with Crippen molar-refractivity contribution in [2.75, 3.05) is 18.1 Å². The lowest BCUT2D eigenvalue weighted by atomic mass is 10.1. The molecular weight excluding hydrogens is 294 g/mol. The number of carboxylic acid groups (broad SMARTS) is 1. The van der Waals surface area contributed by atoms with Gasteiger partial charge in [-0.3, -0.25) is 0 Å². The average Bonchev–Trinajstić information content (AvgIpc) is 2.33. The third-order valence-electron chi connectivity index (χ3n) is 2.66. The van der Waals surface area contributed by atoms with E-state index in [0.29, 0.717) is 17.9 Å². The van der Waals surface area contributed by atoms with Crippen LogP contribution >= 0.6 is 0 Å². The monoisotopic (exact) mass is 315 g/mol. The third-order valence-corrected chi connectivity index (χ3v) is 3.58. The van der Waals surface area contributed by atoms with Crippen molar-refractivity contribution in [3.05, 3.63) is 23.4 Å². The maximum absolute atomic E-state index is 11.3. The molecule has 0 unspecified atom stereocenters. The molecule has 0 bridgehead atoms. The quantitative estimate of drug-likeness (QED) is 0.695. The Bertz CT molecular complexity index is 626. The van der Waals surface area contributed by atoms with Crippen molar-refractivity contribution < 1.29 is 18.3 Å². The number of anilines is 1. The summed E-state index contributed by atoms with van der Waals surface area (Å²) in [7, 11) is -3.33. The highest BCUT2D eigenvalue weighted by Gasteiger charge is 2.22. The number of hydrogen-bond acceptors (Lipinski definition) is 5. The van der Waals surface area contributed by atoms with E-state index in [2.05, 4.69) is 15.0 Å². The molecule has 0 aliphatic heterocycles. The molecule has 0 amide bonds. The number of carboxylic acids is 1. The summed E-state index contributed by atoms with van der Waals surface area (Å²) in [5, 5.41) is 12.0. The summed E-state index contributed by atoms with van der Waals surface area (Å²) in [6.45, 7) is 5.61. The SMILES string of the molecule is CCc1cc(C(=O)O)cc(NCC(C)(C)NS(C)(=O)=O)n1. The molecule has 1 aromatic heterocycles. The summed E-state index contributed by atoms with van der Waals surface area (Å²) >= 11 is 0. The van der Waals surface area contributed by atoms with Crippen molar-refractivity contribution in [1.29, 1.82) is 0 Å². The Hall–Kier alpha value is -1.67. The average molecular weight is 315 g/mol. The standard InChI is InChI=1S/C13H21N3O4S/c1-5-10-6-9(12(17)18)7-11(15-10)14-8-13(2,3)16-21(4,19)20/h6-7,16H,5,8H2,1-4H3,(H,14,15)(H,17,18). The maximum atomic E-state index is 11.3. The number of aromatic nitrogens is 1. The third kappa shape index (κ3) is 6.09. The van der Waals surface area contributed by atoms with Crippen molar-refractivity contribution in [3.8, 4) is 0 Å². The summed E-state index contributed by atoms with van der Waals surface area (Å²) < 4.78 is 25.0. The van der Waals surface area contributed by atoms with E-state index in [4.69, 9.17) is 5.11 Å². The normalized spacial score (nSPS) is 12.2. The summed E-state index contributed by atoms with van der Waals surface area (Å²) in [6, 6.07) is 2.95. The first-order chi connectivity index (χ1) is 9.52. The fraction of sp³-hybridized carbons (Fsp3) is 0.538. The Morgan fingerprint density at radius 3 is 2.48 bits per heavy atom. The Morgan fingerprint density at radius 1 is 1.38 bits per heavy atom. The van der Waals surface area contributed by atoms with Crippen LogP contribution in [0.2, 0.25) is 0 Å². The lowest BCUT2D eigenvalue weighted by molar-refractivity contribution is 0.0696. The van der Waals surface area contributed by atoms with Crippen LogP contribution < -0.4 is 10.0 Å². The van der Waals surface area contributed by atoms with Crippen molar-refractivity contribution in [1.82, 2.24) is 9.71 Å². The number of carbonyl (C=O) groups is 1. The second-order valence-corrected chi connectivity index (χ2v) is 7.25. The van der Waals surface area contributed by atoms with Gasteiger partial charge in [0.25, 0.3) is 0 Å². The Balaban J connectivity index is 2.88. The summed E-state index contributed by atoms with van der Waals surface area (Å²) in [5.74, 6) is -0.612. The van der Waals surface area contributed by atoms with Crippen LogP contribution in [-0.2, 0) is 16.4 Å². The largest absolute Gasteiger partial charge is 0.478 e. The topological polar surface area (TPSA) is 108 Å². The molecule has 0 aliphatic rings. The van der Waals surface area contributed by atoms with Gasteiger partial charge in [0.05, 0.1) is 11.8 Å². The van der Waals surface area contributed by atoms with Crippen LogP contribution in [0.1, 0.15) is 36.8 Å². The first-order valence-corrected chi connectivity index (χ1v) is 8.38. The Morgan fingerprint density at radius 2 is 2.00 bits per heavy atom. The minimum atomic E-state index is -3.33. The summed E-state index contributed by atoms with van der Waals surface area (Å²) in [6.07, 6.45) is 1.70. The van der Waals surface area contributed by atoms with Crippen molar-refractivity contribution in [2.24, 2.45) is 0 Å². The molecule has 0 atom stereocenters. The number of sulfonamides is 1. The van der Waals surface area contributed by atoms with Gasteiger partial charge in [-0.15, -0.1) is 0 Å². The van der Waals surface area contributed by atoms with Gasteiger partial charge >= 0.3 is 5.97 Å². The van der Waals surface area contributed by atoms with Crippen LogP contribution in [0.3, 0.4) is 0 Å². The molecule has 21 heavy (non-hydrogen) atoms. The minimum absolute atomic E-state index is 0.151. The van der Waals surface area contributed by atoms with Crippen LogP contribution in [-0.4, -0.2) is 42.8 Å². The number of hydrogen-bond donors (Lipinski definition) is 3. The van der Waals surface area contributed by atoms with Crippen molar-refractivity contribution in [2.45, 2.75) is 32.7 Å². The molecule has 3 N–H and O–H groups in total.